The van der Waals surface area contributed by atoms with Crippen molar-refractivity contribution in [3.63, 3.8) is 0 Å². The molecule has 3 aromatic rings. The van der Waals surface area contributed by atoms with E-state index in [1.165, 1.54) is 0 Å². The fourth-order valence-electron chi connectivity index (χ4n) is 6.83. The zero-order valence-corrected chi connectivity index (χ0v) is 24.8. The van der Waals surface area contributed by atoms with E-state index in [4.69, 9.17) is 0 Å². The van der Waals surface area contributed by atoms with E-state index in [0.717, 1.165) is 24.0 Å². The van der Waals surface area contributed by atoms with Crippen LogP contribution in [0.4, 0.5) is 4.39 Å². The van der Waals surface area contributed by atoms with Crippen molar-refractivity contribution in [1.82, 2.24) is 15.2 Å². The van der Waals surface area contributed by atoms with E-state index in [-0.39, 0.29) is 23.3 Å². The monoisotopic (exact) mass is 570 g/mol. The van der Waals surface area contributed by atoms with Crippen molar-refractivity contribution < 1.29 is 19.1 Å². The number of nitrogens with zero attached hydrogens (tertiary/aromatic N) is 3. The minimum absolute atomic E-state index is 0.226. The summed E-state index contributed by atoms with van der Waals surface area (Å²) in [5.74, 6) is -1.80. The van der Waals surface area contributed by atoms with E-state index in [1.54, 1.807) is 24.4 Å². The molecule has 2 atom stereocenters. The average Bonchev–Trinajstić information content (AvgIpc) is 2.97. The summed E-state index contributed by atoms with van der Waals surface area (Å²) >= 11 is 0. The second kappa shape index (κ2) is 11.2. The number of aromatic nitrogens is 1. The molecule has 220 valence electrons. The number of likely N-dealkylation sites (tertiary alicyclic amines) is 1. The first kappa shape index (κ1) is 29.8. The van der Waals surface area contributed by atoms with E-state index >= 15 is 4.39 Å². The molecule has 0 spiro atoms. The molecule has 0 saturated carbocycles. The maximum Gasteiger partial charge on any atom is 0.234 e. The first-order chi connectivity index (χ1) is 20.0. The molecule has 7 nitrogen and oxygen atoms in total. The van der Waals surface area contributed by atoms with Crippen LogP contribution < -0.4 is 5.32 Å². The Morgan fingerprint density at radius 2 is 1.88 bits per heavy atom. The van der Waals surface area contributed by atoms with Crippen LogP contribution in [0.25, 0.3) is 10.9 Å². The molecule has 5 rings (SSSR count). The normalized spacial score (nSPS) is 23.0. The van der Waals surface area contributed by atoms with Gasteiger partial charge in [-0.3, -0.25) is 24.8 Å². The highest BCUT2D eigenvalue weighted by molar-refractivity contribution is 6.01. The van der Waals surface area contributed by atoms with Crippen LogP contribution in [0.2, 0.25) is 0 Å². The Balaban J connectivity index is 1.37. The number of aliphatic hydroxyl groups is 1. The third-order valence-corrected chi connectivity index (χ3v) is 9.77. The van der Waals surface area contributed by atoms with E-state index in [9.17, 15) is 20.0 Å². The molecular weight excluding hydrogens is 531 g/mol. The number of carbonyl (C=O) groups excluding carboxylic acids is 2. The quantitative estimate of drug-likeness (QED) is 0.359. The molecule has 2 N–H and O–H groups in total. The molecule has 3 heterocycles. The molecule has 2 aliphatic rings. The molecule has 2 amide bonds. The number of nitriles is 1. The van der Waals surface area contributed by atoms with Crippen molar-refractivity contribution in [2.45, 2.75) is 83.3 Å². The lowest BCUT2D eigenvalue weighted by Gasteiger charge is -2.50. The van der Waals surface area contributed by atoms with Gasteiger partial charge in [0, 0.05) is 48.6 Å². The molecule has 0 radical (unpaired) electrons. The molecule has 1 aromatic heterocycles. The molecule has 2 fully saturated rings. The highest BCUT2D eigenvalue weighted by Crippen LogP contribution is 2.48. The Labute approximate surface area is 246 Å². The highest BCUT2D eigenvalue weighted by atomic mass is 19.1. The first-order valence-corrected chi connectivity index (χ1v) is 14.8. The van der Waals surface area contributed by atoms with Crippen LogP contribution in [-0.4, -0.2) is 39.9 Å². The SMILES string of the molecule is CCC(C#N)(CC)c1ccc(CN2CC[C@](O)(c3ccc4ncc([C@@H]5CCC(=O)NC5=O)cc4c3F)C(C)(C)C2)cc1. The summed E-state index contributed by atoms with van der Waals surface area (Å²) in [7, 11) is 0. The molecular formula is C34H39FN4O3. The van der Waals surface area contributed by atoms with Crippen LogP contribution in [-0.2, 0) is 27.1 Å². The Kier molecular flexibility index (Phi) is 7.95. The first-order valence-electron chi connectivity index (χ1n) is 14.8. The number of benzene rings is 2. The minimum atomic E-state index is -1.41. The van der Waals surface area contributed by atoms with Crippen LogP contribution in [0.5, 0.6) is 0 Å². The molecule has 0 aliphatic carbocycles. The number of halogens is 1. The number of hydrogen-bond acceptors (Lipinski definition) is 6. The van der Waals surface area contributed by atoms with Crippen molar-refractivity contribution in [1.29, 1.82) is 5.26 Å². The van der Waals surface area contributed by atoms with E-state index in [2.05, 4.69) is 45.5 Å². The van der Waals surface area contributed by atoms with Gasteiger partial charge in [-0.25, -0.2) is 4.39 Å². The molecule has 0 bridgehead atoms. The zero-order chi connectivity index (χ0) is 30.3. The Morgan fingerprint density at radius 3 is 2.50 bits per heavy atom. The summed E-state index contributed by atoms with van der Waals surface area (Å²) in [5.41, 5.74) is 0.848. The number of pyridine rings is 1. The molecule has 42 heavy (non-hydrogen) atoms. The number of fused-ring (bicyclic) bond motifs is 1. The van der Waals surface area contributed by atoms with Gasteiger partial charge >= 0.3 is 0 Å². The Bertz CT molecular complexity index is 1560. The third kappa shape index (κ3) is 5.10. The zero-order valence-electron chi connectivity index (χ0n) is 24.8. The highest BCUT2D eigenvalue weighted by Gasteiger charge is 2.50. The molecule has 2 aliphatic heterocycles. The second-order valence-corrected chi connectivity index (χ2v) is 12.6. The van der Waals surface area contributed by atoms with Gasteiger partial charge in [0.15, 0.2) is 0 Å². The van der Waals surface area contributed by atoms with Gasteiger partial charge in [-0.05, 0) is 54.5 Å². The predicted octanol–water partition coefficient (Wildman–Crippen LogP) is 5.60. The van der Waals surface area contributed by atoms with Crippen LogP contribution in [0.1, 0.15) is 88.0 Å². The number of hydrogen-bond donors (Lipinski definition) is 2. The number of amides is 2. The number of nitrogens with one attached hydrogen (secondary N) is 1. The van der Waals surface area contributed by atoms with Crippen LogP contribution in [0.15, 0.2) is 48.7 Å². The van der Waals surface area contributed by atoms with Gasteiger partial charge in [-0.15, -0.1) is 0 Å². The van der Waals surface area contributed by atoms with E-state index < -0.39 is 34.1 Å². The fourth-order valence-corrected chi connectivity index (χ4v) is 6.83. The summed E-state index contributed by atoms with van der Waals surface area (Å²) in [6, 6.07) is 15.8. The van der Waals surface area contributed by atoms with Crippen molar-refractivity contribution >= 4 is 22.7 Å². The number of imide groups is 1. The van der Waals surface area contributed by atoms with Crippen molar-refractivity contribution in [2.24, 2.45) is 5.41 Å². The van der Waals surface area contributed by atoms with Gasteiger partial charge < -0.3 is 5.11 Å². The van der Waals surface area contributed by atoms with Crippen LogP contribution in [0, 0.1) is 22.6 Å². The lowest BCUT2D eigenvalue weighted by atomic mass is 9.66. The van der Waals surface area contributed by atoms with Gasteiger partial charge in [-0.2, -0.15) is 5.26 Å². The number of rotatable bonds is 7. The number of piperidine rings is 2. The van der Waals surface area contributed by atoms with Gasteiger partial charge in [0.05, 0.1) is 28.5 Å². The summed E-state index contributed by atoms with van der Waals surface area (Å²) in [6.45, 7) is 9.86. The summed E-state index contributed by atoms with van der Waals surface area (Å²) in [6.07, 6.45) is 4.02. The summed E-state index contributed by atoms with van der Waals surface area (Å²) < 4.78 is 16.2. The van der Waals surface area contributed by atoms with Gasteiger partial charge in [0.25, 0.3) is 0 Å². The second-order valence-electron chi connectivity index (χ2n) is 12.6. The summed E-state index contributed by atoms with van der Waals surface area (Å²) in [4.78, 5) is 30.7. The molecule has 2 aromatic carbocycles. The number of carbonyl (C=O) groups is 2. The fraction of sp³-hybridized carbons (Fsp3) is 0.471. The Morgan fingerprint density at radius 1 is 1.17 bits per heavy atom. The third-order valence-electron chi connectivity index (χ3n) is 9.77. The van der Waals surface area contributed by atoms with Gasteiger partial charge in [0.2, 0.25) is 11.8 Å². The standard InChI is InChI=1S/C34H39FN4O3/c1-5-33(6-2,20-36)24-9-7-22(8-10-24)19-39-16-15-34(42,32(3,4)21-39)27-12-13-28-26(30(27)35)17-23(18-37-28)25-11-14-29(40)38-31(25)41/h7-10,12-13,17-18,25,42H,5-6,11,14-16,19,21H2,1-4H3,(H,38,40,41)/t25-,34-/m0/s1. The largest absolute Gasteiger partial charge is 0.384 e. The topological polar surface area (TPSA) is 106 Å². The molecule has 8 heteroatoms. The molecule has 0 unspecified atom stereocenters. The van der Waals surface area contributed by atoms with Crippen molar-refractivity contribution in [2.75, 3.05) is 13.1 Å². The van der Waals surface area contributed by atoms with E-state index in [0.29, 0.717) is 43.6 Å². The maximum atomic E-state index is 16.2. The lowest BCUT2D eigenvalue weighted by Crippen LogP contribution is -2.55. The predicted molar refractivity (Wildman–Crippen MR) is 159 cm³/mol. The van der Waals surface area contributed by atoms with Crippen LogP contribution >= 0.6 is 0 Å². The van der Waals surface area contributed by atoms with Gasteiger partial charge in [0.1, 0.15) is 5.82 Å². The van der Waals surface area contributed by atoms with Gasteiger partial charge in [-0.1, -0.05) is 58.0 Å². The maximum absolute atomic E-state index is 16.2. The molecule has 2 saturated heterocycles. The smallest absolute Gasteiger partial charge is 0.234 e. The van der Waals surface area contributed by atoms with Crippen molar-refractivity contribution in [3.05, 3.63) is 76.7 Å². The lowest BCUT2D eigenvalue weighted by molar-refractivity contribution is -0.134. The van der Waals surface area contributed by atoms with Crippen LogP contribution in [0.3, 0.4) is 0 Å². The Hall–Kier alpha value is -3.67. The van der Waals surface area contributed by atoms with E-state index in [1.807, 2.05) is 27.7 Å². The summed E-state index contributed by atoms with van der Waals surface area (Å²) in [5, 5.41) is 24.5. The average molecular weight is 571 g/mol. The minimum Gasteiger partial charge on any atom is -0.384 e. The van der Waals surface area contributed by atoms with Crippen molar-refractivity contribution in [3.8, 4) is 6.07 Å².